The summed E-state index contributed by atoms with van der Waals surface area (Å²) >= 11 is 0. The van der Waals surface area contributed by atoms with Crippen LogP contribution in [0.1, 0.15) is 20.8 Å². The number of hydrogen-bond donors (Lipinski definition) is 2. The second kappa shape index (κ2) is 5.79. The van der Waals surface area contributed by atoms with Crippen LogP contribution in [0.4, 0.5) is 5.82 Å². The van der Waals surface area contributed by atoms with Crippen LogP contribution >= 0.6 is 0 Å². The first kappa shape index (κ1) is 13.5. The highest BCUT2D eigenvalue weighted by Crippen LogP contribution is 2.15. The highest BCUT2D eigenvalue weighted by atomic mass is 16.5. The molecule has 0 saturated heterocycles. The minimum atomic E-state index is -1.26. The van der Waals surface area contributed by atoms with Gasteiger partial charge in [-0.2, -0.15) is 0 Å². The topological polar surface area (TPSA) is 101 Å². The van der Waals surface area contributed by atoms with Crippen molar-refractivity contribution in [3.8, 4) is 5.75 Å². The maximum atomic E-state index is 12.0. The lowest BCUT2D eigenvalue weighted by Crippen LogP contribution is -2.17. The molecule has 1 heterocycles. The Balaban J connectivity index is 2.25. The second-order valence-corrected chi connectivity index (χ2v) is 3.74. The molecule has 7 heteroatoms. The number of carbonyl (C=O) groups is 2. The number of amides is 1. The largest absolute Gasteiger partial charge is 0.497 e. The Bertz CT molecular complexity index is 658. The molecule has 1 aromatic heterocycles. The van der Waals surface area contributed by atoms with E-state index in [4.69, 9.17) is 9.84 Å². The Morgan fingerprint density at radius 2 is 2.00 bits per heavy atom. The fraction of sp³-hybridized carbons (Fsp3) is 0.0769. The predicted octanol–water partition coefficient (Wildman–Crippen LogP) is 1.44. The van der Waals surface area contributed by atoms with Crippen LogP contribution < -0.4 is 10.1 Å². The Morgan fingerprint density at radius 3 is 2.70 bits per heavy atom. The number of methoxy groups -OCH3 is 1. The van der Waals surface area contributed by atoms with Crippen LogP contribution in [-0.4, -0.2) is 34.1 Å². The zero-order valence-corrected chi connectivity index (χ0v) is 10.5. The van der Waals surface area contributed by atoms with Crippen molar-refractivity contribution >= 4 is 17.7 Å². The first-order valence-corrected chi connectivity index (χ1v) is 5.61. The third kappa shape index (κ3) is 2.89. The van der Waals surface area contributed by atoms with Crippen molar-refractivity contribution in [3.05, 3.63) is 47.9 Å². The number of carbonyl (C=O) groups excluding carboxylic acids is 1. The number of ether oxygens (including phenoxy) is 1. The Kier molecular flexibility index (Phi) is 3.90. The summed E-state index contributed by atoms with van der Waals surface area (Å²) < 4.78 is 5.02. The van der Waals surface area contributed by atoms with Crippen molar-refractivity contribution < 1.29 is 19.4 Å². The maximum absolute atomic E-state index is 12.0. The third-order valence-electron chi connectivity index (χ3n) is 2.46. The molecule has 0 aliphatic rings. The number of carboxylic acid groups (broad SMARTS) is 1. The number of aromatic nitrogens is 2. The molecule has 0 aliphatic carbocycles. The standard InChI is InChI=1S/C13H11N3O4/c1-20-9-4-2-3-8(7-9)12(17)16-11-10(13(18)19)14-5-6-15-11/h2-7H,1H3,(H,18,19)(H,15,16,17). The van der Waals surface area contributed by atoms with E-state index >= 15 is 0 Å². The molecular formula is C13H11N3O4. The SMILES string of the molecule is COc1cccc(C(=O)Nc2nccnc2C(=O)O)c1. The monoisotopic (exact) mass is 273 g/mol. The van der Waals surface area contributed by atoms with Gasteiger partial charge in [0.05, 0.1) is 7.11 Å². The molecule has 0 aliphatic heterocycles. The summed E-state index contributed by atoms with van der Waals surface area (Å²) in [6, 6.07) is 6.46. The first-order chi connectivity index (χ1) is 9.61. The highest BCUT2D eigenvalue weighted by molar-refractivity contribution is 6.06. The van der Waals surface area contributed by atoms with E-state index in [0.29, 0.717) is 11.3 Å². The summed E-state index contributed by atoms with van der Waals surface area (Å²) in [6.07, 6.45) is 2.54. The second-order valence-electron chi connectivity index (χ2n) is 3.74. The van der Waals surface area contributed by atoms with Crippen LogP contribution in [0.2, 0.25) is 0 Å². The van der Waals surface area contributed by atoms with Crippen LogP contribution in [0.3, 0.4) is 0 Å². The number of nitrogens with one attached hydrogen (secondary N) is 1. The highest BCUT2D eigenvalue weighted by Gasteiger charge is 2.16. The normalized spacial score (nSPS) is 9.85. The number of benzene rings is 1. The Labute approximate surface area is 114 Å². The quantitative estimate of drug-likeness (QED) is 0.873. The van der Waals surface area contributed by atoms with Gasteiger partial charge in [0.1, 0.15) is 5.75 Å². The van der Waals surface area contributed by atoms with E-state index in [-0.39, 0.29) is 11.5 Å². The number of nitrogens with zero attached hydrogens (tertiary/aromatic N) is 2. The zero-order valence-electron chi connectivity index (χ0n) is 10.5. The van der Waals surface area contributed by atoms with Gasteiger partial charge >= 0.3 is 5.97 Å². The average molecular weight is 273 g/mol. The zero-order chi connectivity index (χ0) is 14.5. The Hall–Kier alpha value is -2.96. The summed E-state index contributed by atoms with van der Waals surface area (Å²) in [7, 11) is 1.49. The molecule has 0 saturated carbocycles. The van der Waals surface area contributed by atoms with Gasteiger partial charge in [-0.1, -0.05) is 6.07 Å². The summed E-state index contributed by atoms with van der Waals surface area (Å²) in [5, 5.41) is 11.4. The van der Waals surface area contributed by atoms with Crippen molar-refractivity contribution in [2.45, 2.75) is 0 Å². The lowest BCUT2D eigenvalue weighted by Gasteiger charge is -2.07. The molecule has 2 aromatic rings. The number of rotatable bonds is 4. The van der Waals surface area contributed by atoms with Gasteiger partial charge in [0.25, 0.3) is 5.91 Å². The van der Waals surface area contributed by atoms with Gasteiger partial charge < -0.3 is 15.2 Å². The van der Waals surface area contributed by atoms with Crippen molar-refractivity contribution in [2.75, 3.05) is 12.4 Å². The Morgan fingerprint density at radius 1 is 1.25 bits per heavy atom. The molecular weight excluding hydrogens is 262 g/mol. The van der Waals surface area contributed by atoms with E-state index < -0.39 is 11.9 Å². The summed E-state index contributed by atoms with van der Waals surface area (Å²) in [5.41, 5.74) is 0.00934. The number of carboxylic acids is 1. The van der Waals surface area contributed by atoms with E-state index in [1.807, 2.05) is 0 Å². The van der Waals surface area contributed by atoms with Crippen molar-refractivity contribution in [1.82, 2.24) is 9.97 Å². The lowest BCUT2D eigenvalue weighted by molar-refractivity contribution is 0.0691. The molecule has 7 nitrogen and oxygen atoms in total. The van der Waals surface area contributed by atoms with Crippen LogP contribution in [0.5, 0.6) is 5.75 Å². The molecule has 20 heavy (non-hydrogen) atoms. The number of aromatic carboxylic acids is 1. The van der Waals surface area contributed by atoms with Crippen LogP contribution in [0.25, 0.3) is 0 Å². The molecule has 0 fully saturated rings. The van der Waals surface area contributed by atoms with Crippen molar-refractivity contribution in [3.63, 3.8) is 0 Å². The van der Waals surface area contributed by atoms with E-state index in [0.717, 1.165) is 0 Å². The van der Waals surface area contributed by atoms with Gasteiger partial charge in [-0.3, -0.25) is 4.79 Å². The van der Waals surface area contributed by atoms with Gasteiger partial charge in [0.2, 0.25) is 0 Å². The van der Waals surface area contributed by atoms with Gasteiger partial charge in [-0.15, -0.1) is 0 Å². The van der Waals surface area contributed by atoms with Gasteiger partial charge in [-0.25, -0.2) is 14.8 Å². The smallest absolute Gasteiger partial charge is 0.358 e. The molecule has 0 spiro atoms. The minimum Gasteiger partial charge on any atom is -0.497 e. The molecule has 0 atom stereocenters. The molecule has 0 bridgehead atoms. The van der Waals surface area contributed by atoms with E-state index in [2.05, 4.69) is 15.3 Å². The first-order valence-electron chi connectivity index (χ1n) is 5.61. The predicted molar refractivity (Wildman–Crippen MR) is 69.9 cm³/mol. The van der Waals surface area contributed by atoms with Gasteiger partial charge in [-0.05, 0) is 18.2 Å². The molecule has 2 N–H and O–H groups in total. The van der Waals surface area contributed by atoms with Crippen molar-refractivity contribution in [2.24, 2.45) is 0 Å². The van der Waals surface area contributed by atoms with Crippen LogP contribution in [-0.2, 0) is 0 Å². The number of hydrogen-bond acceptors (Lipinski definition) is 5. The van der Waals surface area contributed by atoms with E-state index in [1.54, 1.807) is 18.2 Å². The van der Waals surface area contributed by atoms with E-state index in [1.165, 1.54) is 25.6 Å². The van der Waals surface area contributed by atoms with Gasteiger partial charge in [0.15, 0.2) is 11.5 Å². The lowest BCUT2D eigenvalue weighted by atomic mass is 10.2. The molecule has 2 rings (SSSR count). The summed E-state index contributed by atoms with van der Waals surface area (Å²) in [6.45, 7) is 0. The fourth-order valence-corrected chi connectivity index (χ4v) is 1.53. The van der Waals surface area contributed by atoms with Gasteiger partial charge in [0, 0.05) is 18.0 Å². The molecule has 0 radical (unpaired) electrons. The van der Waals surface area contributed by atoms with E-state index in [9.17, 15) is 9.59 Å². The fourth-order valence-electron chi connectivity index (χ4n) is 1.53. The van der Waals surface area contributed by atoms with Crippen LogP contribution in [0, 0.1) is 0 Å². The average Bonchev–Trinajstić information content (AvgIpc) is 2.47. The van der Waals surface area contributed by atoms with Crippen LogP contribution in [0.15, 0.2) is 36.7 Å². The van der Waals surface area contributed by atoms with Crippen molar-refractivity contribution in [1.29, 1.82) is 0 Å². The maximum Gasteiger partial charge on any atom is 0.358 e. The minimum absolute atomic E-state index is 0.104. The summed E-state index contributed by atoms with van der Waals surface area (Å²) in [4.78, 5) is 30.5. The molecule has 0 unspecified atom stereocenters. The molecule has 102 valence electrons. The molecule has 1 amide bonds. The third-order valence-corrected chi connectivity index (χ3v) is 2.46. The summed E-state index contributed by atoms with van der Waals surface area (Å²) in [5.74, 6) is -1.34. The molecule has 1 aromatic carbocycles. The number of anilines is 1.